The van der Waals surface area contributed by atoms with E-state index in [4.69, 9.17) is 0 Å². The van der Waals surface area contributed by atoms with E-state index in [0.29, 0.717) is 28.5 Å². The SMILES string of the molecule is C=CCNC(=O)C(=O)C(CCCC)NC(=O)[C@@H]1[C@@H]2[C@H](CN1C(=O)[C@H](NC(=O)N[C@H](Cn1cc3c[n+]([O-])ccc3c1O)C(C)(C)C)C(C)(C)C)C2(C)C. The summed E-state index contributed by atoms with van der Waals surface area (Å²) in [4.78, 5) is 69.5. The number of likely N-dealkylation sites (tertiary alicyclic amines) is 1. The van der Waals surface area contributed by atoms with Crippen LogP contribution < -0.4 is 26.0 Å². The Kier molecular flexibility index (Phi) is 11.7. The first-order valence-electron chi connectivity index (χ1n) is 18.1. The lowest BCUT2D eigenvalue weighted by Crippen LogP contribution is -2.62. The van der Waals surface area contributed by atoms with Gasteiger partial charge in [0.15, 0.2) is 18.3 Å². The number of fused-ring (bicyclic) bond motifs is 2. The Bertz CT molecular complexity index is 1700. The Morgan fingerprint density at radius 1 is 1.10 bits per heavy atom. The molecule has 2 fully saturated rings. The number of rotatable bonds is 14. The first kappa shape index (κ1) is 40.2. The molecule has 0 aromatic carbocycles. The fourth-order valence-electron chi connectivity index (χ4n) is 7.36. The van der Waals surface area contributed by atoms with Crippen LogP contribution in [0.2, 0.25) is 0 Å². The number of carbonyl (C=O) groups excluding carboxylic acids is 5. The lowest BCUT2D eigenvalue weighted by Gasteiger charge is -2.38. The Hall–Kier alpha value is -4.62. The van der Waals surface area contributed by atoms with E-state index >= 15 is 0 Å². The molecule has 14 heteroatoms. The predicted molar refractivity (Wildman–Crippen MR) is 197 cm³/mol. The highest BCUT2D eigenvalue weighted by molar-refractivity contribution is 6.38. The molecule has 2 aromatic rings. The number of aromatic hydroxyl groups is 1. The normalized spacial score (nSPS) is 21.0. The maximum Gasteiger partial charge on any atom is 0.315 e. The molecule has 1 aliphatic heterocycles. The van der Waals surface area contributed by atoms with Crippen LogP contribution in [-0.4, -0.2) is 81.4 Å². The number of hydrogen-bond acceptors (Lipinski definition) is 7. The zero-order valence-electron chi connectivity index (χ0n) is 32.0. The van der Waals surface area contributed by atoms with Gasteiger partial charge < -0.3 is 41.0 Å². The minimum Gasteiger partial charge on any atom is -0.619 e. The van der Waals surface area contributed by atoms with Crippen molar-refractivity contribution in [3.8, 4) is 5.88 Å². The smallest absolute Gasteiger partial charge is 0.315 e. The number of pyridine rings is 1. The molecule has 3 heterocycles. The van der Waals surface area contributed by atoms with Gasteiger partial charge in [0.05, 0.1) is 22.9 Å². The van der Waals surface area contributed by atoms with Crippen molar-refractivity contribution < 1.29 is 33.8 Å². The second-order valence-corrected chi connectivity index (χ2v) is 17.1. The van der Waals surface area contributed by atoms with Gasteiger partial charge in [0.1, 0.15) is 12.1 Å². The summed E-state index contributed by atoms with van der Waals surface area (Å²) in [5, 5.41) is 35.0. The predicted octanol–water partition coefficient (Wildman–Crippen LogP) is 3.14. The molecule has 286 valence electrons. The van der Waals surface area contributed by atoms with Crippen LogP contribution in [-0.2, 0) is 25.7 Å². The molecule has 14 nitrogen and oxygen atoms in total. The number of unbranched alkanes of at least 4 members (excludes halogenated alkanes) is 1. The first-order valence-corrected chi connectivity index (χ1v) is 18.1. The number of amides is 5. The number of Topliss-reactive ketones (excluding diaryl/α,β-unsaturated/α-hetero) is 1. The van der Waals surface area contributed by atoms with Crippen LogP contribution in [0.1, 0.15) is 81.6 Å². The lowest BCUT2D eigenvalue weighted by molar-refractivity contribution is -0.603. The monoisotopic (exact) mass is 723 g/mol. The molecule has 0 spiro atoms. The van der Waals surface area contributed by atoms with Crippen molar-refractivity contribution in [2.45, 2.75) is 112 Å². The average Bonchev–Trinajstić information content (AvgIpc) is 3.33. The Morgan fingerprint density at radius 3 is 2.37 bits per heavy atom. The summed E-state index contributed by atoms with van der Waals surface area (Å²) in [5.74, 6) is -2.62. The van der Waals surface area contributed by atoms with Crippen molar-refractivity contribution in [3.05, 3.63) is 42.5 Å². The van der Waals surface area contributed by atoms with Crippen LogP contribution >= 0.6 is 0 Å². The van der Waals surface area contributed by atoms with Gasteiger partial charge in [-0.3, -0.25) is 19.2 Å². The van der Waals surface area contributed by atoms with Crippen molar-refractivity contribution in [1.29, 1.82) is 0 Å². The summed E-state index contributed by atoms with van der Waals surface area (Å²) in [6, 6.07) is -2.55. The van der Waals surface area contributed by atoms with Gasteiger partial charge in [-0.2, -0.15) is 4.73 Å². The molecule has 1 saturated carbocycles. The van der Waals surface area contributed by atoms with Crippen LogP contribution in [0.25, 0.3) is 10.8 Å². The molecule has 5 N–H and O–H groups in total. The zero-order valence-corrected chi connectivity index (χ0v) is 32.0. The van der Waals surface area contributed by atoms with Gasteiger partial charge in [0.25, 0.3) is 5.91 Å². The number of carbonyl (C=O) groups is 5. The maximum absolute atomic E-state index is 14.5. The quantitative estimate of drug-likeness (QED) is 0.0857. The third-order valence-electron chi connectivity index (χ3n) is 10.8. The van der Waals surface area contributed by atoms with Gasteiger partial charge in [0.2, 0.25) is 17.6 Å². The van der Waals surface area contributed by atoms with Gasteiger partial charge in [-0.15, -0.1) is 6.58 Å². The summed E-state index contributed by atoms with van der Waals surface area (Å²) in [7, 11) is 0. The number of nitrogens with zero attached hydrogens (tertiary/aromatic N) is 3. The van der Waals surface area contributed by atoms with E-state index in [1.54, 1.807) is 10.8 Å². The van der Waals surface area contributed by atoms with E-state index < -0.39 is 64.5 Å². The molecule has 1 saturated heterocycles. The van der Waals surface area contributed by atoms with Gasteiger partial charge >= 0.3 is 6.03 Å². The fourth-order valence-corrected chi connectivity index (χ4v) is 7.36. The molecule has 2 aromatic heterocycles. The largest absolute Gasteiger partial charge is 0.619 e. The molecular weight excluding hydrogens is 666 g/mol. The summed E-state index contributed by atoms with van der Waals surface area (Å²) in [6.07, 6.45) is 7.41. The standard InChI is InChI=1S/C38H57N7O7/c1-11-13-14-25(29(46)32(48)39-16-12-2)40-31(47)28-27-24(38(27,9)10)20-45(28)34(50)30(37(6,7)8)42-35(51)41-26(36(3,4)5)21-43-18-22-19-44(52)17-15-23(22)33(43)49/h12,15,17-19,24-28,30,49H,2,11,13-14,16,20-21H2,1,3-10H3,(H,39,48)(H,40,47)(H2,41,42,51)/t24-,25?,26+,27-,28-,30-/m0/s1. The van der Waals surface area contributed by atoms with Gasteiger partial charge in [0, 0.05) is 31.9 Å². The second-order valence-electron chi connectivity index (χ2n) is 17.1. The van der Waals surface area contributed by atoms with E-state index in [0.717, 1.165) is 6.42 Å². The van der Waals surface area contributed by atoms with E-state index in [1.807, 2.05) is 48.5 Å². The number of hydrogen-bond donors (Lipinski definition) is 5. The molecule has 1 aliphatic carbocycles. The summed E-state index contributed by atoms with van der Waals surface area (Å²) in [6.45, 7) is 21.5. The molecule has 52 heavy (non-hydrogen) atoms. The number of piperidine rings is 1. The lowest BCUT2D eigenvalue weighted by atomic mass is 9.85. The minimum absolute atomic E-state index is 0.0364. The maximum atomic E-state index is 14.5. The molecule has 1 unspecified atom stereocenters. The number of aromatic nitrogens is 2. The number of urea groups is 1. The first-order chi connectivity index (χ1) is 24.1. The van der Waals surface area contributed by atoms with Gasteiger partial charge in [-0.05, 0) is 34.5 Å². The van der Waals surface area contributed by atoms with Crippen LogP contribution in [0.5, 0.6) is 5.88 Å². The highest BCUT2D eigenvalue weighted by atomic mass is 16.5. The van der Waals surface area contributed by atoms with E-state index in [9.17, 15) is 34.3 Å². The third-order valence-corrected chi connectivity index (χ3v) is 10.8. The molecular formula is C38H57N7O7. The van der Waals surface area contributed by atoms with E-state index in [2.05, 4.69) is 41.7 Å². The molecule has 5 amide bonds. The highest BCUT2D eigenvalue weighted by Gasteiger charge is 2.70. The van der Waals surface area contributed by atoms with Crippen molar-refractivity contribution in [2.24, 2.45) is 28.1 Å². The molecule has 2 aliphatic rings. The third kappa shape index (κ3) is 8.53. The molecule has 0 radical (unpaired) electrons. The topological polar surface area (TPSA) is 189 Å². The number of ketones is 1. The highest BCUT2D eigenvalue weighted by Crippen LogP contribution is 2.65. The minimum atomic E-state index is -1.05. The van der Waals surface area contributed by atoms with Gasteiger partial charge in [-0.25, -0.2) is 4.79 Å². The number of nitrogens with one attached hydrogen (secondary N) is 4. The van der Waals surface area contributed by atoms with Crippen LogP contribution in [0.15, 0.2) is 37.3 Å². The Balaban J connectivity index is 1.55. The molecule has 0 bridgehead atoms. The summed E-state index contributed by atoms with van der Waals surface area (Å²) in [5.41, 5.74) is -1.46. The van der Waals surface area contributed by atoms with E-state index in [1.165, 1.54) is 29.4 Å². The Labute approximate surface area is 306 Å². The van der Waals surface area contributed by atoms with Gasteiger partial charge in [-0.1, -0.05) is 81.2 Å². The Morgan fingerprint density at radius 2 is 1.77 bits per heavy atom. The zero-order chi connectivity index (χ0) is 38.9. The molecule has 4 rings (SSSR count). The summed E-state index contributed by atoms with van der Waals surface area (Å²) >= 11 is 0. The molecule has 6 atom stereocenters. The summed E-state index contributed by atoms with van der Waals surface area (Å²) < 4.78 is 2.23. The fraction of sp³-hybridized carbons (Fsp3) is 0.632. The van der Waals surface area contributed by atoms with Crippen molar-refractivity contribution in [3.63, 3.8) is 0 Å². The van der Waals surface area contributed by atoms with Crippen molar-refractivity contribution >= 4 is 40.3 Å². The van der Waals surface area contributed by atoms with Crippen molar-refractivity contribution in [1.82, 2.24) is 30.7 Å². The van der Waals surface area contributed by atoms with Crippen molar-refractivity contribution in [2.75, 3.05) is 13.1 Å². The average molecular weight is 724 g/mol. The van der Waals surface area contributed by atoms with Crippen LogP contribution in [0, 0.1) is 33.3 Å². The van der Waals surface area contributed by atoms with Crippen LogP contribution in [0.4, 0.5) is 4.79 Å². The van der Waals surface area contributed by atoms with E-state index in [-0.39, 0.29) is 42.6 Å². The second kappa shape index (κ2) is 15.2. The van der Waals surface area contributed by atoms with Crippen LogP contribution in [0.3, 0.4) is 0 Å².